The summed E-state index contributed by atoms with van der Waals surface area (Å²) in [4.78, 5) is 0. The molecular formula is C13H16Cl2FNO2S. The van der Waals surface area contributed by atoms with Crippen LogP contribution in [0.2, 0.25) is 10.0 Å². The minimum absolute atomic E-state index is 0.133. The highest BCUT2D eigenvalue weighted by Crippen LogP contribution is 2.40. The van der Waals surface area contributed by atoms with Crippen LogP contribution in [0.15, 0.2) is 12.1 Å². The molecule has 1 aromatic rings. The molecule has 0 bridgehead atoms. The van der Waals surface area contributed by atoms with Crippen LogP contribution in [0, 0.1) is 5.82 Å². The monoisotopic (exact) mass is 339 g/mol. The van der Waals surface area contributed by atoms with Gasteiger partial charge in [0.1, 0.15) is 11.4 Å². The third-order valence-electron chi connectivity index (χ3n) is 3.06. The predicted octanol–water partition coefficient (Wildman–Crippen LogP) is 3.41. The molecule has 3 nitrogen and oxygen atoms in total. The maximum Gasteiger partial charge on any atom is 0.130 e. The van der Waals surface area contributed by atoms with Crippen LogP contribution in [-0.4, -0.2) is 22.2 Å². The van der Waals surface area contributed by atoms with Crippen molar-refractivity contribution >= 4 is 34.2 Å². The third kappa shape index (κ3) is 2.88. The lowest BCUT2D eigenvalue weighted by atomic mass is 9.88. The van der Waals surface area contributed by atoms with Crippen LogP contribution in [0.4, 0.5) is 4.39 Å². The van der Waals surface area contributed by atoms with Gasteiger partial charge in [-0.15, -0.1) is 0 Å². The molecule has 0 radical (unpaired) electrons. The quantitative estimate of drug-likeness (QED) is 0.857. The fraction of sp³-hybridized carbons (Fsp3) is 0.538. The van der Waals surface area contributed by atoms with Crippen LogP contribution < -0.4 is 4.72 Å². The van der Waals surface area contributed by atoms with Gasteiger partial charge in [0, 0.05) is 5.56 Å². The maximum atomic E-state index is 14.2. The molecule has 112 valence electrons. The van der Waals surface area contributed by atoms with Crippen molar-refractivity contribution in [2.24, 2.45) is 0 Å². The Kier molecular flexibility index (Phi) is 4.48. The van der Waals surface area contributed by atoms with E-state index >= 15 is 0 Å². The van der Waals surface area contributed by atoms with E-state index < -0.39 is 27.1 Å². The highest BCUT2D eigenvalue weighted by molar-refractivity contribution is 7.84. The molecule has 1 heterocycles. The molecule has 1 fully saturated rings. The van der Waals surface area contributed by atoms with E-state index in [-0.39, 0.29) is 28.8 Å². The van der Waals surface area contributed by atoms with Gasteiger partial charge in [0.15, 0.2) is 0 Å². The summed E-state index contributed by atoms with van der Waals surface area (Å²) < 4.78 is 34.1. The second kappa shape index (κ2) is 5.54. The largest absolute Gasteiger partial charge is 0.377 e. The normalized spacial score (nSPS) is 19.5. The van der Waals surface area contributed by atoms with Crippen LogP contribution in [0.25, 0.3) is 0 Å². The van der Waals surface area contributed by atoms with Gasteiger partial charge in [-0.05, 0) is 32.9 Å². The number of hydrogen-bond acceptors (Lipinski definition) is 2. The second-order valence-corrected chi connectivity index (χ2v) is 8.53. The zero-order valence-electron chi connectivity index (χ0n) is 11.4. The van der Waals surface area contributed by atoms with Crippen LogP contribution in [-0.2, 0) is 21.3 Å². The van der Waals surface area contributed by atoms with Gasteiger partial charge in [-0.2, -0.15) is 0 Å². The van der Waals surface area contributed by atoms with Crippen molar-refractivity contribution in [3.8, 4) is 0 Å². The summed E-state index contributed by atoms with van der Waals surface area (Å²) in [6.07, 6.45) is 0. The molecule has 0 amide bonds. The van der Waals surface area contributed by atoms with E-state index in [1.165, 1.54) is 12.1 Å². The van der Waals surface area contributed by atoms with E-state index in [9.17, 15) is 8.60 Å². The summed E-state index contributed by atoms with van der Waals surface area (Å²) in [5.74, 6) is -0.485. The van der Waals surface area contributed by atoms with E-state index in [0.717, 1.165) is 0 Å². The number of halogens is 3. The average molecular weight is 340 g/mol. The van der Waals surface area contributed by atoms with Crippen molar-refractivity contribution in [2.45, 2.75) is 31.1 Å². The molecule has 0 aromatic heterocycles. The molecule has 1 unspecified atom stereocenters. The molecule has 7 heteroatoms. The van der Waals surface area contributed by atoms with E-state index in [1.54, 1.807) is 0 Å². The van der Waals surface area contributed by atoms with Crippen molar-refractivity contribution in [3.63, 3.8) is 0 Å². The minimum atomic E-state index is -1.38. The molecular weight excluding hydrogens is 324 g/mol. The molecule has 1 N–H and O–H groups in total. The molecule has 1 saturated heterocycles. The first-order chi connectivity index (χ1) is 9.17. The number of rotatable bonds is 3. The molecule has 0 saturated carbocycles. The Morgan fingerprint density at radius 2 is 1.95 bits per heavy atom. The van der Waals surface area contributed by atoms with Gasteiger partial charge in [-0.1, -0.05) is 23.2 Å². The lowest BCUT2D eigenvalue weighted by Gasteiger charge is -2.43. The van der Waals surface area contributed by atoms with E-state index in [4.69, 9.17) is 27.9 Å². The fourth-order valence-electron chi connectivity index (χ4n) is 1.86. The fourth-order valence-corrected chi connectivity index (χ4v) is 3.23. The lowest BCUT2D eigenvalue weighted by Crippen LogP contribution is -2.60. The molecule has 1 aliphatic heterocycles. The highest BCUT2D eigenvalue weighted by Gasteiger charge is 2.46. The summed E-state index contributed by atoms with van der Waals surface area (Å²) in [7, 11) is -1.38. The average Bonchev–Trinajstić information content (AvgIpc) is 2.29. The van der Waals surface area contributed by atoms with Crippen molar-refractivity contribution < 1.29 is 13.3 Å². The predicted molar refractivity (Wildman–Crippen MR) is 79.9 cm³/mol. The molecule has 1 aliphatic rings. The van der Waals surface area contributed by atoms with E-state index in [2.05, 4.69) is 4.72 Å². The summed E-state index contributed by atoms with van der Waals surface area (Å²) >= 11 is 12.1. The van der Waals surface area contributed by atoms with Crippen molar-refractivity contribution in [1.82, 2.24) is 4.72 Å². The van der Waals surface area contributed by atoms with E-state index in [0.29, 0.717) is 0 Å². The van der Waals surface area contributed by atoms with Gasteiger partial charge < -0.3 is 4.74 Å². The first-order valence-electron chi connectivity index (χ1n) is 6.09. The summed E-state index contributed by atoms with van der Waals surface area (Å²) in [5.41, 5.74) is -0.681. The summed E-state index contributed by atoms with van der Waals surface area (Å²) in [6, 6.07) is 2.65. The Morgan fingerprint density at radius 3 is 2.40 bits per heavy atom. The second-order valence-electron chi connectivity index (χ2n) is 5.78. The van der Waals surface area contributed by atoms with Crippen molar-refractivity contribution in [3.05, 3.63) is 33.6 Å². The smallest absolute Gasteiger partial charge is 0.130 e. The Labute approximate surface area is 130 Å². The van der Waals surface area contributed by atoms with Crippen LogP contribution in [0.1, 0.15) is 26.3 Å². The molecule has 0 spiro atoms. The summed E-state index contributed by atoms with van der Waals surface area (Å²) in [6.45, 7) is 5.90. The van der Waals surface area contributed by atoms with Gasteiger partial charge >= 0.3 is 0 Å². The Hall–Kier alpha value is -0.200. The third-order valence-corrected chi connectivity index (χ3v) is 5.56. The Balaban J connectivity index is 2.43. The standard InChI is InChI=1S/C13H16Cl2FNO2S/c1-12(2,3)20(18)17-13(6-19-7-13)10-9(16)5-4-8(14)11(10)15/h4-5,17H,6-7H2,1-3H3. The van der Waals surface area contributed by atoms with Gasteiger partial charge in [-0.3, -0.25) is 0 Å². The molecule has 0 aliphatic carbocycles. The topological polar surface area (TPSA) is 38.3 Å². The number of ether oxygens (including phenoxy) is 1. The SMILES string of the molecule is CC(C)(C)S(=O)NC1(c2c(F)ccc(Cl)c2Cl)COC1. The highest BCUT2D eigenvalue weighted by atomic mass is 35.5. The van der Waals surface area contributed by atoms with E-state index in [1.807, 2.05) is 20.8 Å². The van der Waals surface area contributed by atoms with Crippen molar-refractivity contribution in [2.75, 3.05) is 13.2 Å². The maximum absolute atomic E-state index is 14.2. The van der Waals surface area contributed by atoms with Gasteiger partial charge in [0.05, 0.1) is 39.0 Å². The zero-order chi connectivity index (χ0) is 15.1. The van der Waals surface area contributed by atoms with Gasteiger partial charge in [-0.25, -0.2) is 13.3 Å². The van der Waals surface area contributed by atoms with Crippen LogP contribution >= 0.6 is 23.2 Å². The molecule has 2 rings (SSSR count). The minimum Gasteiger partial charge on any atom is -0.377 e. The summed E-state index contributed by atoms with van der Waals surface area (Å²) in [5, 5.41) is 0.394. The van der Waals surface area contributed by atoms with Crippen LogP contribution in [0.3, 0.4) is 0 Å². The van der Waals surface area contributed by atoms with Crippen LogP contribution in [0.5, 0.6) is 0 Å². The van der Waals surface area contributed by atoms with Crippen molar-refractivity contribution in [1.29, 1.82) is 0 Å². The molecule has 20 heavy (non-hydrogen) atoms. The molecule has 1 atom stereocenters. The number of nitrogens with one attached hydrogen (secondary N) is 1. The Morgan fingerprint density at radius 1 is 1.35 bits per heavy atom. The Bertz CT molecular complexity index is 556. The lowest BCUT2D eigenvalue weighted by molar-refractivity contribution is -0.0674. The first kappa shape index (κ1) is 16.2. The molecule has 1 aromatic carbocycles. The number of hydrogen-bond donors (Lipinski definition) is 1. The van der Waals surface area contributed by atoms with Gasteiger partial charge in [0.2, 0.25) is 0 Å². The first-order valence-corrected chi connectivity index (χ1v) is 7.99. The van der Waals surface area contributed by atoms with Gasteiger partial charge in [0.25, 0.3) is 0 Å². The zero-order valence-corrected chi connectivity index (χ0v) is 13.8. The number of benzene rings is 1.